The Kier molecular flexibility index (Phi) is 1.74. The van der Waals surface area contributed by atoms with Crippen molar-refractivity contribution in [3.8, 4) is 5.75 Å². The molecule has 0 aliphatic heterocycles. The first kappa shape index (κ1) is 9.30. The summed E-state index contributed by atoms with van der Waals surface area (Å²) in [7, 11) is 0. The molecule has 1 aliphatic rings. The van der Waals surface area contributed by atoms with E-state index in [1.807, 2.05) is 0 Å². The van der Waals surface area contributed by atoms with Crippen molar-refractivity contribution in [2.24, 2.45) is 0 Å². The van der Waals surface area contributed by atoms with Crippen LogP contribution >= 0.6 is 0 Å². The number of halogens is 3. The van der Waals surface area contributed by atoms with Crippen LogP contribution in [0.4, 0.5) is 13.2 Å². The van der Waals surface area contributed by atoms with Gasteiger partial charge >= 0.3 is 6.18 Å². The van der Waals surface area contributed by atoms with Crippen LogP contribution in [0.25, 0.3) is 0 Å². The molecule has 1 saturated carbocycles. The number of aromatic hydroxyl groups is 1. The summed E-state index contributed by atoms with van der Waals surface area (Å²) in [4.78, 5) is 3.61. The lowest BCUT2D eigenvalue weighted by Gasteiger charge is -2.18. The lowest BCUT2D eigenvalue weighted by molar-refractivity contribution is -0.161. The first-order chi connectivity index (χ1) is 6.46. The minimum absolute atomic E-state index is 0.00259. The fourth-order valence-electron chi connectivity index (χ4n) is 1.48. The van der Waals surface area contributed by atoms with Crippen molar-refractivity contribution in [2.75, 3.05) is 0 Å². The Morgan fingerprint density at radius 1 is 1.29 bits per heavy atom. The zero-order valence-corrected chi connectivity index (χ0v) is 7.17. The molecule has 0 atom stereocenters. The first-order valence-electron chi connectivity index (χ1n) is 4.18. The average Bonchev–Trinajstić information content (AvgIpc) is 2.84. The Hall–Kier alpha value is -1.26. The van der Waals surface area contributed by atoms with Crippen LogP contribution in [0.2, 0.25) is 0 Å². The largest absolute Gasteiger partial charge is 0.506 e. The highest BCUT2D eigenvalue weighted by Crippen LogP contribution is 2.58. The molecule has 76 valence electrons. The number of hydrogen-bond acceptors (Lipinski definition) is 2. The van der Waals surface area contributed by atoms with E-state index in [1.165, 1.54) is 12.1 Å². The van der Waals surface area contributed by atoms with Crippen molar-refractivity contribution in [1.29, 1.82) is 0 Å². The second kappa shape index (κ2) is 2.62. The van der Waals surface area contributed by atoms with Crippen LogP contribution < -0.4 is 0 Å². The summed E-state index contributed by atoms with van der Waals surface area (Å²) in [6.45, 7) is 0. The molecule has 2 rings (SSSR count). The van der Waals surface area contributed by atoms with Gasteiger partial charge in [0.1, 0.15) is 11.2 Å². The van der Waals surface area contributed by atoms with Crippen LogP contribution in [0.5, 0.6) is 5.75 Å². The molecule has 1 fully saturated rings. The molecule has 1 N–H and O–H groups in total. The van der Waals surface area contributed by atoms with Crippen molar-refractivity contribution in [3.05, 3.63) is 24.0 Å². The van der Waals surface area contributed by atoms with Gasteiger partial charge < -0.3 is 5.11 Å². The third-order valence-electron chi connectivity index (χ3n) is 2.53. The summed E-state index contributed by atoms with van der Waals surface area (Å²) in [6.07, 6.45) is -3.01. The topological polar surface area (TPSA) is 33.1 Å². The van der Waals surface area contributed by atoms with Gasteiger partial charge in [-0.1, -0.05) is 0 Å². The number of aromatic nitrogens is 1. The van der Waals surface area contributed by atoms with E-state index in [9.17, 15) is 13.2 Å². The van der Waals surface area contributed by atoms with Gasteiger partial charge in [-0.2, -0.15) is 13.2 Å². The maximum Gasteiger partial charge on any atom is 0.399 e. The molecule has 0 spiro atoms. The zero-order chi connectivity index (χ0) is 10.4. The summed E-state index contributed by atoms with van der Waals surface area (Å²) < 4.78 is 37.7. The molecular formula is C9H8F3NO. The summed E-state index contributed by atoms with van der Waals surface area (Å²) in [5.74, 6) is -0.119. The minimum atomic E-state index is -4.24. The smallest absolute Gasteiger partial charge is 0.399 e. The van der Waals surface area contributed by atoms with E-state index >= 15 is 0 Å². The number of alkyl halides is 3. The monoisotopic (exact) mass is 203 g/mol. The number of nitrogens with zero attached hydrogens (tertiary/aromatic N) is 1. The third kappa shape index (κ3) is 1.23. The Morgan fingerprint density at radius 2 is 1.93 bits per heavy atom. The standard InChI is InChI=1S/C9H8F3NO/c10-9(11,12)8(3-4-8)7-2-1-6(14)5-13-7/h1-2,5,14H,3-4H2. The lowest BCUT2D eigenvalue weighted by Crippen LogP contribution is -2.29. The fourth-order valence-corrected chi connectivity index (χ4v) is 1.48. The molecule has 1 aromatic rings. The highest BCUT2D eigenvalue weighted by Gasteiger charge is 2.65. The van der Waals surface area contributed by atoms with Gasteiger partial charge in [-0.15, -0.1) is 0 Å². The lowest BCUT2D eigenvalue weighted by atomic mass is 10.0. The van der Waals surface area contributed by atoms with Crippen molar-refractivity contribution >= 4 is 0 Å². The first-order valence-corrected chi connectivity index (χ1v) is 4.18. The molecule has 2 nitrogen and oxygen atoms in total. The number of hydrogen-bond donors (Lipinski definition) is 1. The van der Waals surface area contributed by atoms with E-state index in [0.29, 0.717) is 0 Å². The van der Waals surface area contributed by atoms with Gasteiger partial charge in [0.25, 0.3) is 0 Å². The van der Waals surface area contributed by atoms with Crippen LogP contribution in [-0.4, -0.2) is 16.3 Å². The van der Waals surface area contributed by atoms with Crippen molar-refractivity contribution in [1.82, 2.24) is 4.98 Å². The summed E-state index contributed by atoms with van der Waals surface area (Å²) in [5.41, 5.74) is -1.75. The highest BCUT2D eigenvalue weighted by atomic mass is 19.4. The summed E-state index contributed by atoms with van der Waals surface area (Å²) in [5, 5.41) is 8.90. The Morgan fingerprint density at radius 3 is 2.29 bits per heavy atom. The minimum Gasteiger partial charge on any atom is -0.506 e. The molecule has 5 heteroatoms. The van der Waals surface area contributed by atoms with E-state index in [2.05, 4.69) is 4.98 Å². The summed E-state index contributed by atoms with van der Waals surface area (Å²) >= 11 is 0. The maximum atomic E-state index is 12.6. The SMILES string of the molecule is Oc1ccc(C2(C(F)(F)F)CC2)nc1. The van der Waals surface area contributed by atoms with Crippen molar-refractivity contribution < 1.29 is 18.3 Å². The van der Waals surface area contributed by atoms with Gasteiger partial charge in [0, 0.05) is 0 Å². The van der Waals surface area contributed by atoms with Gasteiger partial charge in [-0.05, 0) is 25.0 Å². The normalized spacial score (nSPS) is 19.4. The molecule has 0 radical (unpaired) electrons. The van der Waals surface area contributed by atoms with Crippen molar-refractivity contribution in [3.63, 3.8) is 0 Å². The molecule has 0 unspecified atom stereocenters. The van der Waals surface area contributed by atoms with Gasteiger partial charge in [-0.3, -0.25) is 4.98 Å². The van der Waals surface area contributed by atoms with E-state index in [0.717, 1.165) is 6.20 Å². The molecule has 0 amide bonds. The van der Waals surface area contributed by atoms with Crippen LogP contribution in [0.1, 0.15) is 18.5 Å². The van der Waals surface area contributed by atoms with Gasteiger partial charge in [0.15, 0.2) is 0 Å². The molecule has 1 heterocycles. The molecule has 1 aromatic heterocycles. The van der Waals surface area contributed by atoms with Crippen LogP contribution in [0.3, 0.4) is 0 Å². The van der Waals surface area contributed by atoms with Crippen LogP contribution in [0, 0.1) is 0 Å². The van der Waals surface area contributed by atoms with E-state index in [1.54, 1.807) is 0 Å². The molecule has 1 aliphatic carbocycles. The number of rotatable bonds is 1. The fraction of sp³-hybridized carbons (Fsp3) is 0.444. The highest BCUT2D eigenvalue weighted by molar-refractivity contribution is 5.30. The Bertz CT molecular complexity index is 340. The third-order valence-corrected chi connectivity index (χ3v) is 2.53. The van der Waals surface area contributed by atoms with Crippen molar-refractivity contribution in [2.45, 2.75) is 24.4 Å². The van der Waals surface area contributed by atoms with Crippen LogP contribution in [-0.2, 0) is 5.41 Å². The van der Waals surface area contributed by atoms with E-state index in [-0.39, 0.29) is 24.3 Å². The number of pyridine rings is 1. The van der Waals surface area contributed by atoms with E-state index < -0.39 is 11.6 Å². The molecule has 14 heavy (non-hydrogen) atoms. The average molecular weight is 203 g/mol. The van der Waals surface area contributed by atoms with Gasteiger partial charge in [0.2, 0.25) is 0 Å². The molecular weight excluding hydrogens is 195 g/mol. The Balaban J connectivity index is 2.36. The Labute approximate surface area is 78.4 Å². The maximum absolute atomic E-state index is 12.6. The second-order valence-electron chi connectivity index (χ2n) is 3.48. The molecule has 0 bridgehead atoms. The molecule has 0 aromatic carbocycles. The summed E-state index contributed by atoms with van der Waals surface area (Å²) in [6, 6.07) is 2.46. The molecule has 0 saturated heterocycles. The zero-order valence-electron chi connectivity index (χ0n) is 7.17. The predicted octanol–water partition coefficient (Wildman–Crippen LogP) is 2.38. The van der Waals surface area contributed by atoms with Gasteiger partial charge in [0.05, 0.1) is 11.9 Å². The predicted molar refractivity (Wildman–Crippen MR) is 42.9 cm³/mol. The van der Waals surface area contributed by atoms with Crippen LogP contribution in [0.15, 0.2) is 18.3 Å². The quantitative estimate of drug-likeness (QED) is 0.760. The van der Waals surface area contributed by atoms with E-state index in [4.69, 9.17) is 5.11 Å². The second-order valence-corrected chi connectivity index (χ2v) is 3.48. The van der Waals surface area contributed by atoms with Gasteiger partial charge in [-0.25, -0.2) is 0 Å².